The number of allylic oxidation sites excluding steroid dienone is 1. The fraction of sp³-hybridized carbons (Fsp3) is 0.392. The highest BCUT2D eigenvalue weighted by atomic mass is 16.7. The van der Waals surface area contributed by atoms with Crippen molar-refractivity contribution in [1.82, 2.24) is 4.90 Å². The van der Waals surface area contributed by atoms with Crippen LogP contribution in [0.2, 0.25) is 0 Å². The van der Waals surface area contributed by atoms with Crippen LogP contribution < -0.4 is 0 Å². The SMILES string of the molecule is COC1OC(CO)C(OCc2ccccc2)C(OCc2ccccc2)C1OCCCC(=O)C(=CC(=O)C(OC(C)=O)C(OC)C(=O)N1C(=O)OC(c2ccccc2)C1C)c1cccc(C)c1. The maximum absolute atomic E-state index is 14.3. The predicted octanol–water partition coefficient (Wildman–Crippen LogP) is 6.27. The molecule has 0 aromatic heterocycles. The molecule has 0 aliphatic carbocycles. The molecule has 1 N–H and O–H groups in total. The number of Topliss-reactive ketones (excluding diaryl/α,β-unsaturated/α-hetero) is 1. The highest BCUT2D eigenvalue weighted by Gasteiger charge is 2.50. The molecule has 2 heterocycles. The van der Waals surface area contributed by atoms with E-state index in [9.17, 15) is 29.1 Å². The summed E-state index contributed by atoms with van der Waals surface area (Å²) >= 11 is 0. The van der Waals surface area contributed by atoms with Gasteiger partial charge in [-0.05, 0) is 48.6 Å². The van der Waals surface area contributed by atoms with E-state index < -0.39 is 84.6 Å². The molecule has 6 rings (SSSR count). The third-order valence-electron chi connectivity index (χ3n) is 11.3. The van der Waals surface area contributed by atoms with Crippen molar-refractivity contribution >= 4 is 35.1 Å². The number of hydrogen-bond acceptors (Lipinski definition) is 14. The van der Waals surface area contributed by atoms with E-state index in [0.717, 1.165) is 41.7 Å². The molecular weight excluding hydrogens is 851 g/mol. The van der Waals surface area contributed by atoms with Crippen LogP contribution in [0.3, 0.4) is 0 Å². The average Bonchev–Trinajstić information content (AvgIpc) is 3.63. The normalized spacial score (nSPS) is 22.9. The van der Waals surface area contributed by atoms with E-state index in [2.05, 4.69) is 0 Å². The Labute approximate surface area is 384 Å². The molecular formula is C51H57NO14. The minimum Gasteiger partial charge on any atom is -0.451 e. The second-order valence-electron chi connectivity index (χ2n) is 16.0. The second kappa shape index (κ2) is 24.0. The lowest BCUT2D eigenvalue weighted by Crippen LogP contribution is -2.61. The summed E-state index contributed by atoms with van der Waals surface area (Å²) in [5.41, 5.74) is 3.65. The van der Waals surface area contributed by atoms with E-state index in [4.69, 9.17) is 37.9 Å². The van der Waals surface area contributed by atoms with Crippen LogP contribution in [-0.2, 0) is 70.3 Å². The van der Waals surface area contributed by atoms with Crippen LogP contribution in [0.1, 0.15) is 60.6 Å². The molecule has 15 heteroatoms. The minimum atomic E-state index is -1.88. The number of aliphatic hydroxyl groups excluding tert-OH is 1. The smallest absolute Gasteiger partial charge is 0.417 e. The molecule has 2 aliphatic rings. The van der Waals surface area contributed by atoms with Gasteiger partial charge >= 0.3 is 12.1 Å². The maximum Gasteiger partial charge on any atom is 0.417 e. The number of nitrogens with zero attached hydrogens (tertiary/aromatic N) is 1. The molecule has 2 aliphatic heterocycles. The van der Waals surface area contributed by atoms with Crippen molar-refractivity contribution < 1.29 is 67.0 Å². The molecule has 4 aromatic rings. The van der Waals surface area contributed by atoms with Crippen molar-refractivity contribution in [2.45, 2.75) is 102 Å². The average molecular weight is 908 g/mol. The van der Waals surface area contributed by atoms with Gasteiger partial charge < -0.3 is 43.0 Å². The number of ether oxygens (including phenoxy) is 8. The molecule has 2 fully saturated rings. The van der Waals surface area contributed by atoms with Gasteiger partial charge in [-0.25, -0.2) is 9.69 Å². The fourth-order valence-electron chi connectivity index (χ4n) is 8.05. The van der Waals surface area contributed by atoms with Gasteiger partial charge in [0, 0.05) is 39.7 Å². The van der Waals surface area contributed by atoms with Crippen LogP contribution in [0.5, 0.6) is 0 Å². The van der Waals surface area contributed by atoms with Gasteiger partial charge in [0.1, 0.15) is 30.5 Å². The minimum absolute atomic E-state index is 0.0127. The van der Waals surface area contributed by atoms with Gasteiger partial charge in [0.15, 0.2) is 30.1 Å². The van der Waals surface area contributed by atoms with Crippen LogP contribution >= 0.6 is 0 Å². The van der Waals surface area contributed by atoms with Crippen molar-refractivity contribution in [3.05, 3.63) is 149 Å². The van der Waals surface area contributed by atoms with Crippen LogP contribution in [0, 0.1) is 6.92 Å². The van der Waals surface area contributed by atoms with Gasteiger partial charge in [-0.3, -0.25) is 19.2 Å². The number of carbonyl (C=O) groups excluding carboxylic acids is 5. The van der Waals surface area contributed by atoms with Crippen LogP contribution in [0.25, 0.3) is 5.57 Å². The van der Waals surface area contributed by atoms with E-state index >= 15 is 0 Å². The first-order valence-corrected chi connectivity index (χ1v) is 21.8. The lowest BCUT2D eigenvalue weighted by atomic mass is 9.94. The standard InChI is InChI=1S/C51H57NO14/c1-32-17-15-24-38(27-32)39(28-41(56)44(64-34(3)54)47(59-4)49(57)52-33(2)43(66-51(52)58)37-22-13-8-14-23-37)40(55)25-16-26-61-48-46(63-31-36-20-11-7-12-21-36)45(42(29-53)65-50(48)60-5)62-30-35-18-9-6-10-19-35/h6-15,17-24,27-28,33,42-48,50,53H,16,25-26,29-31H2,1-5H3. The van der Waals surface area contributed by atoms with Crippen molar-refractivity contribution in [3.8, 4) is 0 Å². The number of esters is 1. The lowest BCUT2D eigenvalue weighted by molar-refractivity contribution is -0.319. The summed E-state index contributed by atoms with van der Waals surface area (Å²) in [6.45, 7) is 4.55. The summed E-state index contributed by atoms with van der Waals surface area (Å²) in [4.78, 5) is 69.1. The molecule has 9 unspecified atom stereocenters. The molecule has 0 bridgehead atoms. The van der Waals surface area contributed by atoms with Crippen LogP contribution in [-0.4, -0.2) is 116 Å². The zero-order valence-corrected chi connectivity index (χ0v) is 37.7. The monoisotopic (exact) mass is 907 g/mol. The number of methoxy groups -OCH3 is 2. The largest absolute Gasteiger partial charge is 0.451 e. The van der Waals surface area contributed by atoms with Crippen molar-refractivity contribution in [1.29, 1.82) is 0 Å². The van der Waals surface area contributed by atoms with Crippen molar-refractivity contribution in [3.63, 3.8) is 0 Å². The summed E-state index contributed by atoms with van der Waals surface area (Å²) in [5, 5.41) is 10.4. The summed E-state index contributed by atoms with van der Waals surface area (Å²) in [6.07, 6.45) is -8.54. The summed E-state index contributed by atoms with van der Waals surface area (Å²) in [5.74, 6) is -3.24. The van der Waals surface area contributed by atoms with E-state index in [0.29, 0.717) is 11.1 Å². The second-order valence-corrected chi connectivity index (χ2v) is 16.0. The first-order valence-electron chi connectivity index (χ1n) is 21.8. The number of cyclic esters (lactones) is 1. The molecule has 2 saturated heterocycles. The first kappa shape index (κ1) is 49.5. The Morgan fingerprint density at radius 2 is 1.41 bits per heavy atom. The number of rotatable bonds is 22. The zero-order chi connectivity index (χ0) is 47.2. The number of aryl methyl sites for hydroxylation is 1. The van der Waals surface area contributed by atoms with Gasteiger partial charge in [-0.2, -0.15) is 0 Å². The van der Waals surface area contributed by atoms with Gasteiger partial charge in [0.2, 0.25) is 0 Å². The molecule has 2 amide bonds. The quantitative estimate of drug-likeness (QED) is 0.0529. The number of aliphatic hydroxyl groups is 1. The lowest BCUT2D eigenvalue weighted by Gasteiger charge is -2.45. The molecule has 350 valence electrons. The molecule has 9 atom stereocenters. The van der Waals surface area contributed by atoms with Crippen molar-refractivity contribution in [2.75, 3.05) is 27.4 Å². The Hall–Kier alpha value is -5.91. The Morgan fingerprint density at radius 1 is 0.788 bits per heavy atom. The summed E-state index contributed by atoms with van der Waals surface area (Å²) in [7, 11) is 2.60. The summed E-state index contributed by atoms with van der Waals surface area (Å²) in [6, 6.07) is 34.1. The topological polar surface area (TPSA) is 183 Å². The van der Waals surface area contributed by atoms with E-state index in [1.54, 1.807) is 55.5 Å². The highest BCUT2D eigenvalue weighted by Crippen LogP contribution is 2.34. The Morgan fingerprint density at radius 3 is 1.98 bits per heavy atom. The molecule has 0 spiro atoms. The van der Waals surface area contributed by atoms with Crippen LogP contribution in [0.15, 0.2) is 121 Å². The maximum atomic E-state index is 14.3. The van der Waals surface area contributed by atoms with Crippen molar-refractivity contribution in [2.24, 2.45) is 0 Å². The van der Waals surface area contributed by atoms with E-state index in [1.165, 1.54) is 7.11 Å². The molecule has 15 nitrogen and oxygen atoms in total. The Bertz CT molecular complexity index is 2270. The summed E-state index contributed by atoms with van der Waals surface area (Å²) < 4.78 is 47.7. The van der Waals surface area contributed by atoms with Crippen LogP contribution in [0.4, 0.5) is 4.79 Å². The van der Waals surface area contributed by atoms with Gasteiger partial charge in [-0.15, -0.1) is 0 Å². The van der Waals surface area contributed by atoms with Gasteiger partial charge in [0.05, 0.1) is 25.9 Å². The molecule has 4 aromatic carbocycles. The number of imide groups is 1. The number of hydrogen-bond donors (Lipinski definition) is 1. The van der Waals surface area contributed by atoms with Gasteiger partial charge in [-0.1, -0.05) is 121 Å². The molecule has 0 radical (unpaired) electrons. The number of carbonyl (C=O) groups is 5. The Kier molecular flexibility index (Phi) is 18.0. The zero-order valence-electron chi connectivity index (χ0n) is 37.7. The molecule has 66 heavy (non-hydrogen) atoms. The number of amides is 2. The number of benzene rings is 4. The third kappa shape index (κ3) is 12.5. The molecule has 0 saturated carbocycles. The Balaban J connectivity index is 1.21. The van der Waals surface area contributed by atoms with Gasteiger partial charge in [0.25, 0.3) is 5.91 Å². The van der Waals surface area contributed by atoms with E-state index in [-0.39, 0.29) is 44.8 Å². The number of ketones is 2. The predicted molar refractivity (Wildman–Crippen MR) is 239 cm³/mol. The third-order valence-corrected chi connectivity index (χ3v) is 11.3. The van der Waals surface area contributed by atoms with E-state index in [1.807, 2.05) is 73.7 Å². The highest BCUT2D eigenvalue weighted by molar-refractivity contribution is 6.25. The first-order chi connectivity index (χ1) is 31.9. The fourth-order valence-corrected chi connectivity index (χ4v) is 8.05.